The molecular formula is C12H27N3O2S. The standard InChI is InChI=1S/C12H27N3O2S/c1-4-12(8-6-9-12)14-18(16,17)15(3)11-7-10-13-5-2/h13-14H,4-11H2,1-3H3. The molecule has 0 aromatic heterocycles. The molecule has 0 aromatic carbocycles. The van der Waals surface area contributed by atoms with Gasteiger partial charge in [-0.15, -0.1) is 0 Å². The van der Waals surface area contributed by atoms with Gasteiger partial charge in [0, 0.05) is 19.1 Å². The van der Waals surface area contributed by atoms with Crippen LogP contribution in [-0.4, -0.2) is 44.9 Å². The van der Waals surface area contributed by atoms with Crippen LogP contribution in [0.4, 0.5) is 0 Å². The molecule has 1 aliphatic carbocycles. The van der Waals surface area contributed by atoms with E-state index in [2.05, 4.69) is 10.0 Å². The van der Waals surface area contributed by atoms with Crippen molar-refractivity contribution < 1.29 is 8.42 Å². The maximum Gasteiger partial charge on any atom is 0.279 e. The SMILES string of the molecule is CCNCCCN(C)S(=O)(=O)NC1(CC)CCC1. The first-order chi connectivity index (χ1) is 8.46. The molecule has 0 aliphatic heterocycles. The summed E-state index contributed by atoms with van der Waals surface area (Å²) in [6.07, 6.45) is 4.77. The maximum atomic E-state index is 12.2. The van der Waals surface area contributed by atoms with E-state index in [-0.39, 0.29) is 5.54 Å². The van der Waals surface area contributed by atoms with Gasteiger partial charge in [-0.25, -0.2) is 0 Å². The molecule has 5 nitrogen and oxygen atoms in total. The number of rotatable bonds is 9. The number of nitrogens with zero attached hydrogens (tertiary/aromatic N) is 1. The predicted octanol–water partition coefficient (Wildman–Crippen LogP) is 1.08. The molecule has 1 saturated carbocycles. The molecule has 0 saturated heterocycles. The van der Waals surface area contributed by atoms with E-state index < -0.39 is 10.2 Å². The van der Waals surface area contributed by atoms with Gasteiger partial charge in [-0.2, -0.15) is 17.4 Å². The Labute approximate surface area is 112 Å². The molecule has 0 heterocycles. The molecule has 0 spiro atoms. The predicted molar refractivity (Wildman–Crippen MR) is 74.7 cm³/mol. The molecule has 108 valence electrons. The van der Waals surface area contributed by atoms with Gasteiger partial charge in [0.2, 0.25) is 0 Å². The van der Waals surface area contributed by atoms with Gasteiger partial charge in [0.25, 0.3) is 10.2 Å². The topological polar surface area (TPSA) is 61.4 Å². The Bertz CT molecular complexity index is 334. The van der Waals surface area contributed by atoms with Crippen LogP contribution in [0.15, 0.2) is 0 Å². The molecule has 1 fully saturated rings. The van der Waals surface area contributed by atoms with E-state index in [1.54, 1.807) is 7.05 Å². The molecule has 2 N–H and O–H groups in total. The summed E-state index contributed by atoms with van der Waals surface area (Å²) >= 11 is 0. The zero-order chi connectivity index (χ0) is 13.6. The molecular weight excluding hydrogens is 250 g/mol. The molecule has 1 aliphatic rings. The van der Waals surface area contributed by atoms with Crippen LogP contribution in [0.5, 0.6) is 0 Å². The van der Waals surface area contributed by atoms with Crippen molar-refractivity contribution in [1.29, 1.82) is 0 Å². The third kappa shape index (κ3) is 4.19. The van der Waals surface area contributed by atoms with Crippen LogP contribution in [0.25, 0.3) is 0 Å². The monoisotopic (exact) mass is 277 g/mol. The maximum absolute atomic E-state index is 12.2. The van der Waals surface area contributed by atoms with E-state index in [0.717, 1.165) is 45.2 Å². The summed E-state index contributed by atoms with van der Waals surface area (Å²) in [6, 6.07) is 0. The quantitative estimate of drug-likeness (QED) is 0.620. The first kappa shape index (κ1) is 15.9. The Morgan fingerprint density at radius 1 is 1.28 bits per heavy atom. The molecule has 0 bridgehead atoms. The minimum absolute atomic E-state index is 0.172. The smallest absolute Gasteiger partial charge is 0.279 e. The summed E-state index contributed by atoms with van der Waals surface area (Å²) in [5.74, 6) is 0. The van der Waals surface area contributed by atoms with Crippen LogP contribution >= 0.6 is 0 Å². The molecule has 0 unspecified atom stereocenters. The van der Waals surface area contributed by atoms with Crippen LogP contribution in [0.1, 0.15) is 46.0 Å². The molecule has 0 radical (unpaired) electrons. The first-order valence-electron chi connectivity index (χ1n) is 6.92. The van der Waals surface area contributed by atoms with Gasteiger partial charge in [0.15, 0.2) is 0 Å². The highest BCUT2D eigenvalue weighted by Gasteiger charge is 2.39. The van der Waals surface area contributed by atoms with E-state index >= 15 is 0 Å². The summed E-state index contributed by atoms with van der Waals surface area (Å²) in [5.41, 5.74) is -0.172. The van der Waals surface area contributed by atoms with Crippen molar-refractivity contribution in [3.8, 4) is 0 Å². The summed E-state index contributed by atoms with van der Waals surface area (Å²) < 4.78 is 28.6. The summed E-state index contributed by atoms with van der Waals surface area (Å²) in [4.78, 5) is 0. The second kappa shape index (κ2) is 6.84. The average molecular weight is 277 g/mol. The van der Waals surface area contributed by atoms with Crippen molar-refractivity contribution in [2.24, 2.45) is 0 Å². The van der Waals surface area contributed by atoms with Crippen molar-refractivity contribution in [2.45, 2.75) is 51.5 Å². The molecule has 1 rings (SSSR count). The Balaban J connectivity index is 2.42. The normalized spacial score (nSPS) is 18.9. The van der Waals surface area contributed by atoms with Crippen LogP contribution in [-0.2, 0) is 10.2 Å². The lowest BCUT2D eigenvalue weighted by molar-refractivity contribution is 0.209. The Morgan fingerprint density at radius 2 is 1.94 bits per heavy atom. The highest BCUT2D eigenvalue weighted by atomic mass is 32.2. The first-order valence-corrected chi connectivity index (χ1v) is 8.36. The van der Waals surface area contributed by atoms with Gasteiger partial charge in [-0.1, -0.05) is 13.8 Å². The van der Waals surface area contributed by atoms with E-state index in [9.17, 15) is 8.42 Å². The Morgan fingerprint density at radius 3 is 2.39 bits per heavy atom. The summed E-state index contributed by atoms with van der Waals surface area (Å²) in [5, 5.41) is 3.19. The zero-order valence-corrected chi connectivity index (χ0v) is 12.6. The van der Waals surface area contributed by atoms with Crippen LogP contribution in [0, 0.1) is 0 Å². The number of nitrogens with one attached hydrogen (secondary N) is 2. The molecule has 18 heavy (non-hydrogen) atoms. The third-order valence-electron chi connectivity index (χ3n) is 3.82. The Hall–Kier alpha value is -0.170. The van der Waals surface area contributed by atoms with Crippen LogP contribution in [0.3, 0.4) is 0 Å². The second-order valence-electron chi connectivity index (χ2n) is 5.12. The fourth-order valence-corrected chi connectivity index (χ4v) is 3.63. The molecule has 0 amide bonds. The van der Waals surface area contributed by atoms with E-state index in [4.69, 9.17) is 0 Å². The van der Waals surface area contributed by atoms with Crippen LogP contribution in [0.2, 0.25) is 0 Å². The summed E-state index contributed by atoms with van der Waals surface area (Å²) in [6.45, 7) is 6.43. The van der Waals surface area contributed by atoms with Crippen molar-refractivity contribution in [3.63, 3.8) is 0 Å². The lowest BCUT2D eigenvalue weighted by Gasteiger charge is -2.42. The van der Waals surface area contributed by atoms with Gasteiger partial charge in [0.05, 0.1) is 0 Å². The van der Waals surface area contributed by atoms with Gasteiger partial charge in [0.1, 0.15) is 0 Å². The number of hydrogen-bond acceptors (Lipinski definition) is 3. The van der Waals surface area contributed by atoms with Crippen molar-refractivity contribution in [3.05, 3.63) is 0 Å². The highest BCUT2D eigenvalue weighted by Crippen LogP contribution is 2.35. The summed E-state index contributed by atoms with van der Waals surface area (Å²) in [7, 11) is -1.67. The third-order valence-corrected chi connectivity index (χ3v) is 5.51. The Kier molecular flexibility index (Phi) is 6.04. The van der Waals surface area contributed by atoms with E-state index in [0.29, 0.717) is 6.54 Å². The van der Waals surface area contributed by atoms with E-state index in [1.807, 2.05) is 13.8 Å². The average Bonchev–Trinajstić information content (AvgIpc) is 2.29. The number of hydrogen-bond donors (Lipinski definition) is 2. The lowest BCUT2D eigenvalue weighted by Crippen LogP contribution is -2.56. The second-order valence-corrected chi connectivity index (χ2v) is 6.90. The fraction of sp³-hybridized carbons (Fsp3) is 1.00. The molecule has 6 heteroatoms. The van der Waals surface area contributed by atoms with E-state index in [1.165, 1.54) is 4.31 Å². The van der Waals surface area contributed by atoms with Crippen molar-refractivity contribution >= 4 is 10.2 Å². The minimum atomic E-state index is -3.32. The van der Waals surface area contributed by atoms with Gasteiger partial charge >= 0.3 is 0 Å². The van der Waals surface area contributed by atoms with Crippen molar-refractivity contribution in [2.75, 3.05) is 26.7 Å². The fourth-order valence-electron chi connectivity index (χ4n) is 2.21. The zero-order valence-electron chi connectivity index (χ0n) is 11.8. The van der Waals surface area contributed by atoms with Gasteiger partial charge in [-0.05, 0) is 45.2 Å². The lowest BCUT2D eigenvalue weighted by atomic mass is 9.76. The van der Waals surface area contributed by atoms with Crippen molar-refractivity contribution in [1.82, 2.24) is 14.3 Å². The largest absolute Gasteiger partial charge is 0.317 e. The van der Waals surface area contributed by atoms with Gasteiger partial charge in [-0.3, -0.25) is 0 Å². The highest BCUT2D eigenvalue weighted by molar-refractivity contribution is 7.87. The minimum Gasteiger partial charge on any atom is -0.317 e. The molecule has 0 atom stereocenters. The molecule has 0 aromatic rings. The van der Waals surface area contributed by atoms with Crippen LogP contribution < -0.4 is 10.0 Å². The van der Waals surface area contributed by atoms with Gasteiger partial charge < -0.3 is 5.32 Å².